The molecule has 1 aromatic carbocycles. The Morgan fingerprint density at radius 3 is 2.71 bits per heavy atom. The molecule has 2 aliphatic heterocycles. The highest BCUT2D eigenvalue weighted by Gasteiger charge is 2.42. The number of nitrogens with zero attached hydrogens (tertiary/aromatic N) is 1. The molecule has 1 N–H and O–H groups in total. The van der Waals surface area contributed by atoms with Crippen molar-refractivity contribution >= 4 is 26.7 Å². The van der Waals surface area contributed by atoms with Gasteiger partial charge in [0.15, 0.2) is 15.6 Å². The standard InChI is InChI=1S/C20H26N2O5S/c1-26-11-15-14-7-3-4-8-18(14)27-19(15)20(23)21-16-12-28(24,25)13-17(16)22-9-5-2-6-10-22/h3-4,7-8,16-17H,2,5-6,9-13H2,1H3,(H,21,23). The molecular weight excluding hydrogens is 380 g/mol. The largest absolute Gasteiger partial charge is 0.451 e. The summed E-state index contributed by atoms with van der Waals surface area (Å²) < 4.78 is 35.7. The number of ether oxygens (including phenoxy) is 1. The van der Waals surface area contributed by atoms with Crippen LogP contribution in [0.1, 0.15) is 35.4 Å². The Balaban J connectivity index is 1.60. The Hall–Kier alpha value is -1.90. The normalized spacial score (nSPS) is 25.2. The van der Waals surface area contributed by atoms with E-state index in [1.165, 1.54) is 6.42 Å². The molecule has 1 aromatic heterocycles. The molecule has 2 atom stereocenters. The molecule has 8 heteroatoms. The van der Waals surface area contributed by atoms with Gasteiger partial charge in [0.1, 0.15) is 5.58 Å². The van der Waals surface area contributed by atoms with Gasteiger partial charge in [-0.15, -0.1) is 0 Å². The summed E-state index contributed by atoms with van der Waals surface area (Å²) in [5, 5.41) is 3.78. The van der Waals surface area contributed by atoms with E-state index >= 15 is 0 Å². The number of carbonyl (C=O) groups excluding carboxylic acids is 1. The second-order valence-electron chi connectivity index (χ2n) is 7.66. The predicted molar refractivity (Wildman–Crippen MR) is 106 cm³/mol. The van der Waals surface area contributed by atoms with Crippen LogP contribution < -0.4 is 5.32 Å². The van der Waals surface area contributed by atoms with Crippen molar-refractivity contribution in [2.75, 3.05) is 31.7 Å². The van der Waals surface area contributed by atoms with E-state index in [9.17, 15) is 13.2 Å². The average Bonchev–Trinajstić information content (AvgIpc) is 3.20. The first-order chi connectivity index (χ1) is 13.5. The van der Waals surface area contributed by atoms with Crippen molar-refractivity contribution in [2.24, 2.45) is 0 Å². The van der Waals surface area contributed by atoms with Crippen LogP contribution in [0.2, 0.25) is 0 Å². The average molecular weight is 407 g/mol. The second-order valence-corrected chi connectivity index (χ2v) is 9.81. The lowest BCUT2D eigenvalue weighted by Crippen LogP contribution is -2.52. The zero-order chi connectivity index (χ0) is 19.7. The van der Waals surface area contributed by atoms with Gasteiger partial charge >= 0.3 is 0 Å². The molecule has 2 saturated heterocycles. The van der Waals surface area contributed by atoms with Gasteiger partial charge in [-0.05, 0) is 32.0 Å². The van der Waals surface area contributed by atoms with Crippen LogP contribution in [-0.4, -0.2) is 63.0 Å². The molecular formula is C20H26N2O5S. The number of para-hydroxylation sites is 1. The molecule has 2 unspecified atom stereocenters. The van der Waals surface area contributed by atoms with Crippen molar-refractivity contribution < 1.29 is 22.4 Å². The molecule has 0 bridgehead atoms. The van der Waals surface area contributed by atoms with E-state index in [-0.39, 0.29) is 35.8 Å². The van der Waals surface area contributed by atoms with Crippen molar-refractivity contribution in [3.8, 4) is 0 Å². The van der Waals surface area contributed by atoms with Gasteiger partial charge in [0, 0.05) is 24.1 Å². The number of likely N-dealkylation sites (tertiary alicyclic amines) is 1. The number of amides is 1. The summed E-state index contributed by atoms with van der Waals surface area (Å²) in [6.07, 6.45) is 3.31. The summed E-state index contributed by atoms with van der Waals surface area (Å²) in [7, 11) is -1.61. The Morgan fingerprint density at radius 2 is 1.96 bits per heavy atom. The van der Waals surface area contributed by atoms with Gasteiger partial charge in [-0.2, -0.15) is 0 Å². The third-order valence-corrected chi connectivity index (χ3v) is 7.41. The fraction of sp³-hybridized carbons (Fsp3) is 0.550. The zero-order valence-corrected chi connectivity index (χ0v) is 16.8. The van der Waals surface area contributed by atoms with Crippen molar-refractivity contribution in [1.82, 2.24) is 10.2 Å². The number of hydrogen-bond acceptors (Lipinski definition) is 6. The molecule has 2 fully saturated rings. The lowest BCUT2D eigenvalue weighted by atomic mass is 10.0. The van der Waals surface area contributed by atoms with Gasteiger partial charge in [-0.1, -0.05) is 24.6 Å². The Kier molecular flexibility index (Phi) is 5.44. The SMILES string of the molecule is COCc1c(C(=O)NC2CS(=O)(=O)CC2N2CCCCC2)oc2ccccc12. The Morgan fingerprint density at radius 1 is 1.21 bits per heavy atom. The molecule has 28 heavy (non-hydrogen) atoms. The number of fused-ring (bicyclic) bond motifs is 1. The van der Waals surface area contributed by atoms with Crippen molar-refractivity contribution in [3.05, 3.63) is 35.6 Å². The van der Waals surface area contributed by atoms with Gasteiger partial charge < -0.3 is 14.5 Å². The molecule has 3 heterocycles. The van der Waals surface area contributed by atoms with E-state index < -0.39 is 15.9 Å². The van der Waals surface area contributed by atoms with E-state index in [4.69, 9.17) is 9.15 Å². The highest BCUT2D eigenvalue weighted by atomic mass is 32.2. The lowest BCUT2D eigenvalue weighted by Gasteiger charge is -2.34. The van der Waals surface area contributed by atoms with Gasteiger partial charge in [0.2, 0.25) is 0 Å². The van der Waals surface area contributed by atoms with Crippen molar-refractivity contribution in [2.45, 2.75) is 38.0 Å². The molecule has 2 aromatic rings. The number of sulfone groups is 1. The smallest absolute Gasteiger partial charge is 0.287 e. The molecule has 0 spiro atoms. The third-order valence-electron chi connectivity index (χ3n) is 5.69. The molecule has 0 radical (unpaired) electrons. The fourth-order valence-corrected chi connectivity index (χ4v) is 6.33. The maximum absolute atomic E-state index is 13.0. The first-order valence-electron chi connectivity index (χ1n) is 9.73. The van der Waals surface area contributed by atoms with Gasteiger partial charge in [0.25, 0.3) is 5.91 Å². The number of nitrogens with one attached hydrogen (secondary N) is 1. The second kappa shape index (κ2) is 7.85. The predicted octanol–water partition coefficient (Wildman–Crippen LogP) is 1.96. The third kappa shape index (κ3) is 3.81. The summed E-state index contributed by atoms with van der Waals surface area (Å²) in [5.74, 6) is -0.111. The monoisotopic (exact) mass is 406 g/mol. The van der Waals surface area contributed by atoms with E-state index in [0.29, 0.717) is 11.1 Å². The molecule has 0 aliphatic carbocycles. The molecule has 7 nitrogen and oxygen atoms in total. The summed E-state index contributed by atoms with van der Waals surface area (Å²) in [6, 6.07) is 6.82. The van der Waals surface area contributed by atoms with Crippen LogP contribution in [-0.2, 0) is 21.2 Å². The number of furan rings is 1. The van der Waals surface area contributed by atoms with E-state index in [2.05, 4.69) is 10.2 Å². The molecule has 152 valence electrons. The van der Waals surface area contributed by atoms with Crippen molar-refractivity contribution in [1.29, 1.82) is 0 Å². The lowest BCUT2D eigenvalue weighted by molar-refractivity contribution is 0.0868. The van der Waals surface area contributed by atoms with E-state index in [0.717, 1.165) is 31.3 Å². The number of rotatable bonds is 5. The first kappa shape index (κ1) is 19.4. The van der Waals surface area contributed by atoms with Crippen molar-refractivity contribution in [3.63, 3.8) is 0 Å². The van der Waals surface area contributed by atoms with Crippen LogP contribution in [0.25, 0.3) is 11.0 Å². The van der Waals surface area contributed by atoms with Crippen LogP contribution in [0.15, 0.2) is 28.7 Å². The van der Waals surface area contributed by atoms with Gasteiger partial charge in [-0.3, -0.25) is 9.69 Å². The number of hydrogen-bond donors (Lipinski definition) is 1. The topological polar surface area (TPSA) is 88.8 Å². The Labute approximate surface area is 164 Å². The van der Waals surface area contributed by atoms with Gasteiger partial charge in [-0.25, -0.2) is 8.42 Å². The quantitative estimate of drug-likeness (QED) is 0.817. The molecule has 1 amide bonds. The first-order valence-corrected chi connectivity index (χ1v) is 11.6. The fourth-order valence-electron chi connectivity index (χ4n) is 4.38. The minimum absolute atomic E-state index is 0.0280. The van der Waals surface area contributed by atoms with Crippen LogP contribution in [0.3, 0.4) is 0 Å². The molecule has 2 aliphatic rings. The highest BCUT2D eigenvalue weighted by Crippen LogP contribution is 2.28. The van der Waals surface area contributed by atoms with Gasteiger partial charge in [0.05, 0.1) is 24.2 Å². The molecule has 0 saturated carbocycles. The van der Waals surface area contributed by atoms with Crippen LogP contribution in [0.4, 0.5) is 0 Å². The number of carbonyl (C=O) groups is 1. The molecule has 4 rings (SSSR count). The summed E-state index contributed by atoms with van der Waals surface area (Å²) in [5.41, 5.74) is 1.30. The maximum Gasteiger partial charge on any atom is 0.287 e. The maximum atomic E-state index is 13.0. The summed E-state index contributed by atoms with van der Waals surface area (Å²) in [4.78, 5) is 15.2. The summed E-state index contributed by atoms with van der Waals surface area (Å²) in [6.45, 7) is 2.01. The van der Waals surface area contributed by atoms with E-state index in [1.807, 2.05) is 24.3 Å². The Bertz CT molecular complexity index is 962. The van der Waals surface area contributed by atoms with E-state index in [1.54, 1.807) is 7.11 Å². The van der Waals surface area contributed by atoms with Crippen LogP contribution >= 0.6 is 0 Å². The van der Waals surface area contributed by atoms with Crippen LogP contribution in [0, 0.1) is 0 Å². The van der Waals surface area contributed by atoms with Crippen LogP contribution in [0.5, 0.6) is 0 Å². The number of methoxy groups -OCH3 is 1. The summed E-state index contributed by atoms with van der Waals surface area (Å²) >= 11 is 0. The number of piperidine rings is 1. The number of benzene rings is 1. The minimum Gasteiger partial charge on any atom is -0.451 e. The highest BCUT2D eigenvalue weighted by molar-refractivity contribution is 7.91. The minimum atomic E-state index is -3.18. The zero-order valence-electron chi connectivity index (χ0n) is 16.0.